The maximum atomic E-state index is 12.8. The Morgan fingerprint density at radius 3 is 2.80 bits per heavy atom. The van der Waals surface area contributed by atoms with Crippen LogP contribution in [-0.2, 0) is 4.79 Å². The van der Waals surface area contributed by atoms with Crippen molar-refractivity contribution in [1.29, 1.82) is 0 Å². The summed E-state index contributed by atoms with van der Waals surface area (Å²) in [5.74, 6) is -1.18. The van der Waals surface area contributed by atoms with E-state index in [1.54, 1.807) is 13.0 Å². The van der Waals surface area contributed by atoms with Crippen LogP contribution in [0.5, 0.6) is 0 Å². The zero-order chi connectivity index (χ0) is 11.4. The van der Waals surface area contributed by atoms with Crippen molar-refractivity contribution in [1.82, 2.24) is 0 Å². The van der Waals surface area contributed by atoms with E-state index >= 15 is 0 Å². The molecule has 0 fully saturated rings. The Labute approximate surface area is 92.7 Å². The Morgan fingerprint density at radius 2 is 2.27 bits per heavy atom. The van der Waals surface area contributed by atoms with Crippen molar-refractivity contribution in [3.63, 3.8) is 0 Å². The van der Waals surface area contributed by atoms with Crippen LogP contribution in [0.25, 0.3) is 0 Å². The molecule has 0 amide bonds. The highest BCUT2D eigenvalue weighted by Crippen LogP contribution is 2.28. The fraction of sp³-hybridized carbons (Fsp3) is 0.364. The summed E-state index contributed by atoms with van der Waals surface area (Å²) >= 11 is 6.02. The second-order valence-electron chi connectivity index (χ2n) is 3.40. The molecule has 4 heteroatoms. The molecule has 0 bridgehead atoms. The lowest BCUT2D eigenvalue weighted by Crippen LogP contribution is -2.00. The van der Waals surface area contributed by atoms with E-state index in [2.05, 4.69) is 0 Å². The van der Waals surface area contributed by atoms with Gasteiger partial charge < -0.3 is 5.11 Å². The molecule has 82 valence electrons. The summed E-state index contributed by atoms with van der Waals surface area (Å²) < 4.78 is 12.8. The van der Waals surface area contributed by atoms with Gasteiger partial charge in [-0.3, -0.25) is 4.79 Å². The minimum atomic E-state index is -0.875. The van der Waals surface area contributed by atoms with Crippen molar-refractivity contribution in [3.05, 3.63) is 35.1 Å². The number of hydrogen-bond donors (Lipinski definition) is 1. The van der Waals surface area contributed by atoms with Gasteiger partial charge in [0.25, 0.3) is 0 Å². The molecule has 1 atom stereocenters. The Bertz CT molecular complexity index is 366. The molecular weight excluding hydrogens is 219 g/mol. The molecule has 1 N–H and O–H groups in total. The number of aryl methyl sites for hydroxylation is 1. The maximum Gasteiger partial charge on any atom is 0.303 e. The van der Waals surface area contributed by atoms with E-state index in [1.807, 2.05) is 0 Å². The Balaban J connectivity index is 2.73. The normalized spacial score (nSPS) is 12.5. The van der Waals surface area contributed by atoms with Crippen LogP contribution >= 0.6 is 11.6 Å². The van der Waals surface area contributed by atoms with Crippen LogP contribution in [0.1, 0.15) is 29.3 Å². The third kappa shape index (κ3) is 3.51. The van der Waals surface area contributed by atoms with Crippen molar-refractivity contribution < 1.29 is 14.3 Å². The number of alkyl halides is 1. The highest BCUT2D eigenvalue weighted by atomic mass is 35.5. The summed E-state index contributed by atoms with van der Waals surface area (Å²) in [6.07, 6.45) is 0.369. The van der Waals surface area contributed by atoms with Crippen molar-refractivity contribution in [2.45, 2.75) is 25.1 Å². The first-order valence-electron chi connectivity index (χ1n) is 4.62. The van der Waals surface area contributed by atoms with Gasteiger partial charge in [0, 0.05) is 6.42 Å². The molecule has 15 heavy (non-hydrogen) atoms. The SMILES string of the molecule is Cc1cc(F)ccc1C(Cl)CCC(=O)O. The average molecular weight is 231 g/mol. The zero-order valence-electron chi connectivity index (χ0n) is 8.34. The standard InChI is InChI=1S/C11H12ClFO2/c1-7-6-8(13)2-3-9(7)10(12)4-5-11(14)15/h2-3,6,10H,4-5H2,1H3,(H,14,15). The van der Waals surface area contributed by atoms with Crippen molar-refractivity contribution in [2.75, 3.05) is 0 Å². The van der Waals surface area contributed by atoms with Crippen LogP contribution in [-0.4, -0.2) is 11.1 Å². The van der Waals surface area contributed by atoms with Crippen molar-refractivity contribution >= 4 is 17.6 Å². The number of aliphatic carboxylic acids is 1. The quantitative estimate of drug-likeness (QED) is 0.806. The largest absolute Gasteiger partial charge is 0.481 e. The molecule has 2 nitrogen and oxygen atoms in total. The van der Waals surface area contributed by atoms with Gasteiger partial charge in [-0.15, -0.1) is 11.6 Å². The molecule has 0 aliphatic heterocycles. The second-order valence-corrected chi connectivity index (χ2v) is 3.93. The summed E-state index contributed by atoms with van der Waals surface area (Å²) in [7, 11) is 0. The number of rotatable bonds is 4. The smallest absolute Gasteiger partial charge is 0.303 e. The summed E-state index contributed by atoms with van der Waals surface area (Å²) in [6.45, 7) is 1.76. The predicted molar refractivity (Wildman–Crippen MR) is 56.6 cm³/mol. The number of carboxylic acid groups (broad SMARTS) is 1. The van der Waals surface area contributed by atoms with Gasteiger partial charge in [0.1, 0.15) is 5.82 Å². The molecule has 1 unspecified atom stereocenters. The number of benzene rings is 1. The molecule has 0 saturated carbocycles. The third-order valence-corrected chi connectivity index (χ3v) is 2.63. The molecule has 0 heterocycles. The van der Waals surface area contributed by atoms with Crippen LogP contribution in [0.4, 0.5) is 4.39 Å². The average Bonchev–Trinajstić information content (AvgIpc) is 2.14. The zero-order valence-corrected chi connectivity index (χ0v) is 9.09. The molecule has 1 aromatic rings. The molecule has 0 radical (unpaired) electrons. The van der Waals surface area contributed by atoms with E-state index in [9.17, 15) is 9.18 Å². The second kappa shape index (κ2) is 5.12. The van der Waals surface area contributed by atoms with Crippen LogP contribution in [0, 0.1) is 12.7 Å². The third-order valence-electron chi connectivity index (χ3n) is 2.18. The molecule has 0 saturated heterocycles. The monoisotopic (exact) mass is 230 g/mol. The lowest BCUT2D eigenvalue weighted by atomic mass is 10.0. The predicted octanol–water partition coefficient (Wildman–Crippen LogP) is 3.28. The highest BCUT2D eigenvalue weighted by Gasteiger charge is 2.12. The number of carbonyl (C=O) groups is 1. The van der Waals surface area contributed by atoms with E-state index in [-0.39, 0.29) is 17.6 Å². The first-order valence-corrected chi connectivity index (χ1v) is 5.06. The summed E-state index contributed by atoms with van der Waals surface area (Å²) in [5, 5.41) is 8.13. The molecule has 0 spiro atoms. The number of carboxylic acids is 1. The summed E-state index contributed by atoms with van der Waals surface area (Å²) in [5.41, 5.74) is 1.54. The van der Waals surface area contributed by atoms with Gasteiger partial charge in [-0.1, -0.05) is 6.07 Å². The van der Waals surface area contributed by atoms with Crippen LogP contribution in [0.15, 0.2) is 18.2 Å². The fourth-order valence-corrected chi connectivity index (χ4v) is 1.75. The van der Waals surface area contributed by atoms with Crippen LogP contribution in [0.3, 0.4) is 0 Å². The van der Waals surface area contributed by atoms with E-state index in [0.717, 1.165) is 11.1 Å². The van der Waals surface area contributed by atoms with Gasteiger partial charge in [-0.25, -0.2) is 4.39 Å². The van der Waals surface area contributed by atoms with Crippen LogP contribution in [0.2, 0.25) is 0 Å². The van der Waals surface area contributed by atoms with E-state index in [0.29, 0.717) is 6.42 Å². The lowest BCUT2D eigenvalue weighted by molar-refractivity contribution is -0.137. The molecule has 0 aliphatic rings. The topological polar surface area (TPSA) is 37.3 Å². The fourth-order valence-electron chi connectivity index (χ4n) is 1.40. The van der Waals surface area contributed by atoms with E-state index in [1.165, 1.54) is 12.1 Å². The first kappa shape index (κ1) is 12.0. The summed E-state index contributed by atoms with van der Waals surface area (Å²) in [4.78, 5) is 10.4. The Morgan fingerprint density at radius 1 is 1.60 bits per heavy atom. The van der Waals surface area contributed by atoms with Gasteiger partial charge in [0.2, 0.25) is 0 Å². The van der Waals surface area contributed by atoms with Crippen molar-refractivity contribution in [2.24, 2.45) is 0 Å². The Kier molecular flexibility index (Phi) is 4.09. The van der Waals surface area contributed by atoms with Crippen LogP contribution < -0.4 is 0 Å². The van der Waals surface area contributed by atoms with E-state index < -0.39 is 5.97 Å². The molecule has 0 aliphatic carbocycles. The van der Waals surface area contributed by atoms with Gasteiger partial charge >= 0.3 is 5.97 Å². The summed E-state index contributed by atoms with van der Waals surface area (Å²) in [6, 6.07) is 4.33. The molecule has 1 aromatic carbocycles. The first-order chi connectivity index (χ1) is 7.00. The lowest BCUT2D eigenvalue weighted by Gasteiger charge is -2.11. The minimum absolute atomic E-state index is 0.0188. The number of halogens is 2. The highest BCUT2D eigenvalue weighted by molar-refractivity contribution is 6.21. The van der Waals surface area contributed by atoms with Crippen molar-refractivity contribution in [3.8, 4) is 0 Å². The number of hydrogen-bond acceptors (Lipinski definition) is 1. The van der Waals surface area contributed by atoms with E-state index in [4.69, 9.17) is 16.7 Å². The van der Waals surface area contributed by atoms with Gasteiger partial charge in [-0.05, 0) is 36.6 Å². The Hall–Kier alpha value is -1.09. The van der Waals surface area contributed by atoms with Gasteiger partial charge in [0.05, 0.1) is 5.38 Å². The molecular formula is C11H12ClFO2. The maximum absolute atomic E-state index is 12.8. The van der Waals surface area contributed by atoms with Gasteiger partial charge in [0.15, 0.2) is 0 Å². The molecule has 1 rings (SSSR count). The minimum Gasteiger partial charge on any atom is -0.481 e. The molecule has 0 aromatic heterocycles. The van der Waals surface area contributed by atoms with Gasteiger partial charge in [-0.2, -0.15) is 0 Å².